The summed E-state index contributed by atoms with van der Waals surface area (Å²) in [5.74, 6) is 0. The Labute approximate surface area is 112 Å². The van der Waals surface area contributed by atoms with Crippen molar-refractivity contribution >= 4 is 16.5 Å². The van der Waals surface area contributed by atoms with Crippen LogP contribution >= 0.6 is 11.5 Å². The van der Waals surface area contributed by atoms with Crippen molar-refractivity contribution in [1.82, 2.24) is 4.37 Å². The minimum absolute atomic E-state index is 0.643. The number of nitrogens with zero attached hydrogens (tertiary/aromatic N) is 2. The number of methoxy groups -OCH3 is 1. The van der Waals surface area contributed by atoms with Gasteiger partial charge in [0.2, 0.25) is 0 Å². The van der Waals surface area contributed by atoms with Gasteiger partial charge in [-0.05, 0) is 31.3 Å². The van der Waals surface area contributed by atoms with E-state index in [0.717, 1.165) is 36.7 Å². The molecule has 0 saturated carbocycles. The second-order valence-corrected chi connectivity index (χ2v) is 4.60. The number of unbranched alkanes of at least 4 members (excludes halogenated alkanes) is 1. The zero-order valence-electron chi connectivity index (χ0n) is 10.9. The lowest BCUT2D eigenvalue weighted by molar-refractivity contribution is 0.0691. The Kier molecular flexibility index (Phi) is 7.34. The van der Waals surface area contributed by atoms with E-state index in [-0.39, 0.29) is 0 Å². The second kappa shape index (κ2) is 8.86. The maximum Gasteiger partial charge on any atom is 0.127 e. The van der Waals surface area contributed by atoms with Crippen LogP contribution in [0.1, 0.15) is 24.1 Å². The van der Waals surface area contributed by atoms with Gasteiger partial charge in [0.25, 0.3) is 0 Å². The molecule has 1 N–H and O–H groups in total. The molecule has 18 heavy (non-hydrogen) atoms. The Morgan fingerprint density at radius 3 is 2.89 bits per heavy atom. The highest BCUT2D eigenvalue weighted by Crippen LogP contribution is 2.23. The van der Waals surface area contributed by atoms with Crippen LogP contribution in [0.2, 0.25) is 0 Å². The summed E-state index contributed by atoms with van der Waals surface area (Å²) in [5.41, 5.74) is 1.46. The third kappa shape index (κ3) is 5.00. The van der Waals surface area contributed by atoms with Crippen molar-refractivity contribution in [3.8, 4) is 6.07 Å². The van der Waals surface area contributed by atoms with Crippen molar-refractivity contribution in [2.75, 3.05) is 38.8 Å². The molecule has 0 fully saturated rings. The van der Waals surface area contributed by atoms with Crippen LogP contribution in [-0.4, -0.2) is 37.8 Å². The Morgan fingerprint density at radius 2 is 2.17 bits per heavy atom. The molecule has 0 aliphatic carbocycles. The number of hydrogen-bond acceptors (Lipinski definition) is 6. The SMILES string of the molecule is COCCOCCCCNc1snc(C)c1C#N. The maximum atomic E-state index is 8.96. The zero-order chi connectivity index (χ0) is 13.2. The van der Waals surface area contributed by atoms with Crippen molar-refractivity contribution in [3.05, 3.63) is 11.3 Å². The normalized spacial score (nSPS) is 10.3. The van der Waals surface area contributed by atoms with E-state index in [0.29, 0.717) is 18.8 Å². The van der Waals surface area contributed by atoms with E-state index in [1.165, 1.54) is 11.5 Å². The molecule has 0 aliphatic heterocycles. The van der Waals surface area contributed by atoms with Crippen molar-refractivity contribution in [2.24, 2.45) is 0 Å². The highest BCUT2D eigenvalue weighted by Gasteiger charge is 2.08. The lowest BCUT2D eigenvalue weighted by atomic mass is 10.2. The Hall–Kier alpha value is -1.16. The summed E-state index contributed by atoms with van der Waals surface area (Å²) in [6.45, 7) is 4.73. The number of hydrogen-bond donors (Lipinski definition) is 1. The first kappa shape index (κ1) is 14.9. The van der Waals surface area contributed by atoms with E-state index in [9.17, 15) is 0 Å². The van der Waals surface area contributed by atoms with Crippen LogP contribution in [0, 0.1) is 18.3 Å². The quantitative estimate of drug-likeness (QED) is 0.696. The predicted molar refractivity (Wildman–Crippen MR) is 72.0 cm³/mol. The lowest BCUT2D eigenvalue weighted by Gasteiger charge is -2.05. The van der Waals surface area contributed by atoms with Crippen LogP contribution in [0.4, 0.5) is 5.00 Å². The Bertz CT molecular complexity index is 387. The Morgan fingerprint density at radius 1 is 1.33 bits per heavy atom. The molecule has 5 nitrogen and oxygen atoms in total. The van der Waals surface area contributed by atoms with Crippen LogP contribution < -0.4 is 5.32 Å². The number of ether oxygens (including phenoxy) is 2. The molecule has 6 heteroatoms. The number of anilines is 1. The van der Waals surface area contributed by atoms with Gasteiger partial charge < -0.3 is 14.8 Å². The topological polar surface area (TPSA) is 67.2 Å². The Balaban J connectivity index is 2.09. The summed E-state index contributed by atoms with van der Waals surface area (Å²) in [6.07, 6.45) is 2.01. The van der Waals surface area contributed by atoms with Gasteiger partial charge in [0, 0.05) is 20.3 Å². The van der Waals surface area contributed by atoms with E-state index in [4.69, 9.17) is 14.7 Å². The third-order valence-corrected chi connectivity index (χ3v) is 3.30. The minimum atomic E-state index is 0.643. The van der Waals surface area contributed by atoms with Gasteiger partial charge in [-0.3, -0.25) is 0 Å². The number of nitrogens with one attached hydrogen (secondary N) is 1. The highest BCUT2D eigenvalue weighted by atomic mass is 32.1. The minimum Gasteiger partial charge on any atom is -0.382 e. The van der Waals surface area contributed by atoms with Gasteiger partial charge in [-0.1, -0.05) is 0 Å². The lowest BCUT2D eigenvalue weighted by Crippen LogP contribution is -2.06. The van der Waals surface area contributed by atoms with Crippen LogP contribution in [0.15, 0.2) is 0 Å². The summed E-state index contributed by atoms with van der Waals surface area (Å²) in [6, 6.07) is 2.17. The molecule has 0 atom stereocenters. The van der Waals surface area contributed by atoms with E-state index in [1.54, 1.807) is 7.11 Å². The predicted octanol–water partition coefficient (Wildman–Crippen LogP) is 2.18. The van der Waals surface area contributed by atoms with Crippen molar-refractivity contribution in [1.29, 1.82) is 5.26 Å². The van der Waals surface area contributed by atoms with Crippen LogP contribution in [0.5, 0.6) is 0 Å². The summed E-state index contributed by atoms with van der Waals surface area (Å²) >= 11 is 1.34. The number of rotatable bonds is 9. The molecule has 0 bridgehead atoms. The standard InChI is InChI=1S/C12H19N3O2S/c1-10-11(9-13)12(18-15-10)14-5-3-4-6-17-8-7-16-2/h14H,3-8H2,1-2H3. The average Bonchev–Trinajstić information content (AvgIpc) is 2.73. The summed E-state index contributed by atoms with van der Waals surface area (Å²) in [5, 5.41) is 13.1. The fraction of sp³-hybridized carbons (Fsp3) is 0.667. The van der Waals surface area contributed by atoms with Gasteiger partial charge in [-0.15, -0.1) is 0 Å². The summed E-state index contributed by atoms with van der Waals surface area (Å²) < 4.78 is 14.4. The fourth-order valence-corrected chi connectivity index (χ4v) is 2.17. The van der Waals surface area contributed by atoms with Gasteiger partial charge in [0.05, 0.1) is 18.9 Å². The van der Waals surface area contributed by atoms with Crippen LogP contribution in [0.25, 0.3) is 0 Å². The van der Waals surface area contributed by atoms with Gasteiger partial charge in [-0.25, -0.2) is 0 Å². The molecule has 0 spiro atoms. The molecule has 0 radical (unpaired) electrons. The first-order valence-electron chi connectivity index (χ1n) is 5.96. The number of aromatic nitrogens is 1. The molecule has 1 heterocycles. The molecule has 0 unspecified atom stereocenters. The monoisotopic (exact) mass is 269 g/mol. The average molecular weight is 269 g/mol. The summed E-state index contributed by atoms with van der Waals surface area (Å²) in [4.78, 5) is 0. The molecule has 1 rings (SSSR count). The largest absolute Gasteiger partial charge is 0.382 e. The van der Waals surface area contributed by atoms with Gasteiger partial charge in [0.15, 0.2) is 0 Å². The maximum absolute atomic E-state index is 8.96. The van der Waals surface area contributed by atoms with Crippen molar-refractivity contribution in [3.63, 3.8) is 0 Å². The number of nitriles is 1. The van der Waals surface area contributed by atoms with E-state index in [1.807, 2.05) is 6.92 Å². The molecule has 1 aromatic rings. The summed E-state index contributed by atoms with van der Waals surface area (Å²) in [7, 11) is 1.66. The molecule has 0 aliphatic rings. The molecule has 0 aromatic carbocycles. The van der Waals surface area contributed by atoms with Gasteiger partial charge >= 0.3 is 0 Å². The second-order valence-electron chi connectivity index (χ2n) is 3.82. The van der Waals surface area contributed by atoms with Gasteiger partial charge in [0.1, 0.15) is 16.6 Å². The molecule has 0 amide bonds. The van der Waals surface area contributed by atoms with Crippen LogP contribution in [0.3, 0.4) is 0 Å². The van der Waals surface area contributed by atoms with Crippen LogP contribution in [-0.2, 0) is 9.47 Å². The molecule has 0 saturated heterocycles. The fourth-order valence-electron chi connectivity index (χ4n) is 1.40. The zero-order valence-corrected chi connectivity index (χ0v) is 11.7. The molecular weight excluding hydrogens is 250 g/mol. The molecule has 1 aromatic heterocycles. The highest BCUT2D eigenvalue weighted by molar-refractivity contribution is 7.10. The third-order valence-electron chi connectivity index (χ3n) is 2.41. The smallest absolute Gasteiger partial charge is 0.127 e. The number of aryl methyl sites for hydroxylation is 1. The van der Waals surface area contributed by atoms with Crippen molar-refractivity contribution < 1.29 is 9.47 Å². The first-order chi connectivity index (χ1) is 8.79. The van der Waals surface area contributed by atoms with E-state index < -0.39 is 0 Å². The molecule has 100 valence electrons. The van der Waals surface area contributed by atoms with Crippen molar-refractivity contribution in [2.45, 2.75) is 19.8 Å². The first-order valence-corrected chi connectivity index (χ1v) is 6.74. The van der Waals surface area contributed by atoms with E-state index >= 15 is 0 Å². The molecular formula is C12H19N3O2S. The van der Waals surface area contributed by atoms with Gasteiger partial charge in [-0.2, -0.15) is 9.64 Å². The van der Waals surface area contributed by atoms with E-state index in [2.05, 4.69) is 15.8 Å².